The smallest absolute Gasteiger partial charge is 0.271 e. The van der Waals surface area contributed by atoms with Crippen LogP contribution in [-0.4, -0.2) is 17.5 Å². The fraction of sp³-hybridized carbons (Fsp3) is 0.115. The molecule has 0 bridgehead atoms. The van der Waals surface area contributed by atoms with Crippen LogP contribution in [-0.2, 0) is 4.79 Å². The van der Waals surface area contributed by atoms with E-state index < -0.39 is 0 Å². The molecule has 31 heavy (non-hydrogen) atoms. The highest BCUT2D eigenvalue weighted by Crippen LogP contribution is 2.13. The molecule has 0 spiro atoms. The number of carbonyl (C=O) groups excluding carboxylic acids is 2. The zero-order chi connectivity index (χ0) is 22.2. The van der Waals surface area contributed by atoms with Gasteiger partial charge in [0.05, 0.1) is 5.71 Å². The monoisotopic (exact) mass is 411 g/mol. The fourth-order valence-electron chi connectivity index (χ4n) is 2.94. The van der Waals surface area contributed by atoms with Gasteiger partial charge in [-0.15, -0.1) is 0 Å². The van der Waals surface area contributed by atoms with E-state index in [9.17, 15) is 9.59 Å². The maximum atomic E-state index is 12.3. The van der Waals surface area contributed by atoms with Gasteiger partial charge in [-0.2, -0.15) is 5.10 Å². The number of hydrogen-bond acceptors (Lipinski definition) is 3. The quantitative estimate of drug-likeness (QED) is 0.336. The maximum absolute atomic E-state index is 12.3. The van der Waals surface area contributed by atoms with E-state index in [2.05, 4.69) is 15.8 Å². The molecule has 0 aromatic heterocycles. The molecule has 0 aliphatic carbocycles. The van der Waals surface area contributed by atoms with E-state index in [0.717, 1.165) is 16.7 Å². The molecule has 0 atom stereocenters. The van der Waals surface area contributed by atoms with Crippen molar-refractivity contribution < 1.29 is 9.59 Å². The Kier molecular flexibility index (Phi) is 7.12. The summed E-state index contributed by atoms with van der Waals surface area (Å²) in [6.07, 6.45) is 3.27. The van der Waals surface area contributed by atoms with Crippen LogP contribution in [0.2, 0.25) is 0 Å². The topological polar surface area (TPSA) is 70.6 Å². The van der Waals surface area contributed by atoms with Gasteiger partial charge < -0.3 is 5.32 Å². The summed E-state index contributed by atoms with van der Waals surface area (Å²) in [5.74, 6) is -0.483. The molecule has 5 nitrogen and oxygen atoms in total. The zero-order valence-corrected chi connectivity index (χ0v) is 17.8. The summed E-state index contributed by atoms with van der Waals surface area (Å²) in [6, 6.07) is 22.6. The van der Waals surface area contributed by atoms with Gasteiger partial charge in [-0.1, -0.05) is 60.2 Å². The standard InChI is InChI=1S/C26H25N3O2/c1-18-11-13-21(14-12-18)15-16-25(30)27-23-9-6-8-22(17-23)20(3)28-29-26(31)24-10-5-4-7-19(24)2/h4-17H,1-3H3,(H,27,30)(H,29,31). The molecule has 156 valence electrons. The van der Waals surface area contributed by atoms with Crippen LogP contribution in [0.15, 0.2) is 84.0 Å². The van der Waals surface area contributed by atoms with Crippen molar-refractivity contribution in [1.29, 1.82) is 0 Å². The van der Waals surface area contributed by atoms with Crippen LogP contribution >= 0.6 is 0 Å². The summed E-state index contributed by atoms with van der Waals surface area (Å²) < 4.78 is 0. The number of rotatable bonds is 6. The lowest BCUT2D eigenvalue weighted by Crippen LogP contribution is -2.20. The molecular formula is C26H25N3O2. The van der Waals surface area contributed by atoms with Gasteiger partial charge >= 0.3 is 0 Å². The minimum absolute atomic E-state index is 0.222. The van der Waals surface area contributed by atoms with Crippen LogP contribution in [0.5, 0.6) is 0 Å². The van der Waals surface area contributed by atoms with Crippen LogP contribution < -0.4 is 10.7 Å². The van der Waals surface area contributed by atoms with Gasteiger partial charge in [0.15, 0.2) is 0 Å². The Labute approximate surface area is 182 Å². The molecule has 5 heteroatoms. The lowest BCUT2D eigenvalue weighted by atomic mass is 10.1. The van der Waals surface area contributed by atoms with Crippen molar-refractivity contribution in [3.63, 3.8) is 0 Å². The van der Waals surface area contributed by atoms with Crippen molar-refractivity contribution in [2.45, 2.75) is 20.8 Å². The second-order valence-electron chi connectivity index (χ2n) is 7.27. The Balaban J connectivity index is 1.64. The number of hydrogen-bond donors (Lipinski definition) is 2. The number of nitrogens with one attached hydrogen (secondary N) is 2. The van der Waals surface area contributed by atoms with Crippen LogP contribution in [0.3, 0.4) is 0 Å². The molecule has 3 rings (SSSR count). The van der Waals surface area contributed by atoms with Gasteiger partial charge in [0.2, 0.25) is 5.91 Å². The van der Waals surface area contributed by atoms with Gasteiger partial charge in [-0.25, -0.2) is 5.43 Å². The Hall–Kier alpha value is -3.99. The molecule has 0 saturated heterocycles. The average Bonchev–Trinajstić information content (AvgIpc) is 2.77. The third-order valence-electron chi connectivity index (χ3n) is 4.77. The van der Waals surface area contributed by atoms with Gasteiger partial charge in [0.25, 0.3) is 5.91 Å². The number of nitrogens with zero attached hydrogens (tertiary/aromatic N) is 1. The summed E-state index contributed by atoms with van der Waals surface area (Å²) in [5.41, 5.74) is 8.27. The zero-order valence-electron chi connectivity index (χ0n) is 17.8. The minimum atomic E-state index is -0.261. The summed E-state index contributed by atoms with van der Waals surface area (Å²) in [7, 11) is 0. The van der Waals surface area contributed by atoms with Gasteiger partial charge in [-0.3, -0.25) is 9.59 Å². The van der Waals surface area contributed by atoms with Crippen molar-refractivity contribution in [2.75, 3.05) is 5.32 Å². The van der Waals surface area contributed by atoms with E-state index >= 15 is 0 Å². The van der Waals surface area contributed by atoms with Crippen molar-refractivity contribution in [3.8, 4) is 0 Å². The number of aryl methyl sites for hydroxylation is 2. The predicted molar refractivity (Wildman–Crippen MR) is 126 cm³/mol. The Morgan fingerprint density at radius 1 is 0.903 bits per heavy atom. The van der Waals surface area contributed by atoms with Crippen LogP contribution in [0.25, 0.3) is 6.08 Å². The second-order valence-corrected chi connectivity index (χ2v) is 7.27. The highest BCUT2D eigenvalue weighted by molar-refractivity contribution is 6.04. The first kappa shape index (κ1) is 21.7. The first-order chi connectivity index (χ1) is 14.9. The number of amides is 2. The number of anilines is 1. The molecule has 0 fully saturated rings. The molecule has 0 aliphatic heterocycles. The molecule has 0 radical (unpaired) electrons. The molecule has 0 unspecified atom stereocenters. The van der Waals surface area contributed by atoms with Crippen molar-refractivity contribution in [3.05, 3.63) is 107 Å². The molecule has 2 amide bonds. The average molecular weight is 412 g/mol. The molecule has 0 saturated carbocycles. The minimum Gasteiger partial charge on any atom is -0.322 e. The van der Waals surface area contributed by atoms with E-state index in [4.69, 9.17) is 0 Å². The molecule has 0 heterocycles. The second kappa shape index (κ2) is 10.2. The lowest BCUT2D eigenvalue weighted by Gasteiger charge is -2.07. The molecule has 3 aromatic rings. The van der Waals surface area contributed by atoms with Crippen LogP contribution in [0.4, 0.5) is 5.69 Å². The van der Waals surface area contributed by atoms with Gasteiger partial charge in [-0.05, 0) is 61.7 Å². The van der Waals surface area contributed by atoms with Crippen LogP contribution in [0.1, 0.15) is 39.5 Å². The first-order valence-corrected chi connectivity index (χ1v) is 9.99. The Morgan fingerprint density at radius 3 is 2.39 bits per heavy atom. The van der Waals surface area contributed by atoms with E-state index in [1.165, 1.54) is 11.6 Å². The Bertz CT molecular complexity index is 1150. The van der Waals surface area contributed by atoms with Gasteiger partial charge in [0.1, 0.15) is 0 Å². The summed E-state index contributed by atoms with van der Waals surface area (Å²) in [6.45, 7) is 5.70. The summed E-state index contributed by atoms with van der Waals surface area (Å²) >= 11 is 0. The first-order valence-electron chi connectivity index (χ1n) is 9.99. The number of carbonyl (C=O) groups is 2. The highest BCUT2D eigenvalue weighted by Gasteiger charge is 2.08. The Morgan fingerprint density at radius 2 is 1.65 bits per heavy atom. The normalized spacial score (nSPS) is 11.4. The number of hydrazone groups is 1. The fourth-order valence-corrected chi connectivity index (χ4v) is 2.94. The summed E-state index contributed by atoms with van der Waals surface area (Å²) in [4.78, 5) is 24.6. The number of benzene rings is 3. The molecule has 0 aliphatic rings. The summed E-state index contributed by atoms with van der Waals surface area (Å²) in [5, 5.41) is 7.05. The third kappa shape index (κ3) is 6.24. The lowest BCUT2D eigenvalue weighted by molar-refractivity contribution is -0.111. The largest absolute Gasteiger partial charge is 0.322 e. The molecule has 3 aromatic carbocycles. The van der Waals surface area contributed by atoms with E-state index in [0.29, 0.717) is 17.0 Å². The molecular weight excluding hydrogens is 386 g/mol. The highest BCUT2D eigenvalue weighted by atomic mass is 16.2. The van der Waals surface area contributed by atoms with Crippen molar-refractivity contribution in [1.82, 2.24) is 5.43 Å². The molecule has 2 N–H and O–H groups in total. The maximum Gasteiger partial charge on any atom is 0.271 e. The van der Waals surface area contributed by atoms with E-state index in [-0.39, 0.29) is 11.8 Å². The van der Waals surface area contributed by atoms with Crippen molar-refractivity contribution in [2.24, 2.45) is 5.10 Å². The van der Waals surface area contributed by atoms with E-state index in [1.54, 1.807) is 25.1 Å². The van der Waals surface area contributed by atoms with Crippen LogP contribution in [0, 0.1) is 13.8 Å². The van der Waals surface area contributed by atoms with Crippen molar-refractivity contribution >= 4 is 29.3 Å². The van der Waals surface area contributed by atoms with E-state index in [1.807, 2.05) is 74.5 Å². The van der Waals surface area contributed by atoms with Gasteiger partial charge in [0, 0.05) is 17.3 Å². The predicted octanol–water partition coefficient (Wildman–Crippen LogP) is 5.11. The SMILES string of the molecule is CC(=NNC(=O)c1ccccc1C)c1cccc(NC(=O)C=Cc2ccc(C)cc2)c1. The third-order valence-corrected chi connectivity index (χ3v) is 4.77.